The van der Waals surface area contributed by atoms with Crippen molar-refractivity contribution >= 4 is 5.82 Å². The van der Waals surface area contributed by atoms with E-state index in [4.69, 9.17) is 4.74 Å². The molecule has 1 saturated heterocycles. The molecule has 2 heterocycles. The number of hydrogen-bond donors (Lipinski definition) is 0. The van der Waals surface area contributed by atoms with Crippen molar-refractivity contribution in [3.05, 3.63) is 18.3 Å². The van der Waals surface area contributed by atoms with Crippen molar-refractivity contribution in [2.24, 2.45) is 0 Å². The van der Waals surface area contributed by atoms with E-state index in [-0.39, 0.29) is 6.10 Å². The van der Waals surface area contributed by atoms with Crippen LogP contribution in [0.3, 0.4) is 0 Å². The molecule has 2 rings (SSSR count). The Labute approximate surface area is 97.4 Å². The van der Waals surface area contributed by atoms with Crippen molar-refractivity contribution in [1.82, 2.24) is 4.98 Å². The number of aromatic nitrogens is 1. The Morgan fingerprint density at radius 1 is 1.19 bits per heavy atom. The lowest BCUT2D eigenvalue weighted by molar-refractivity contribution is 0.241. The average Bonchev–Trinajstić information content (AvgIpc) is 2.30. The molecule has 0 atom stereocenters. The summed E-state index contributed by atoms with van der Waals surface area (Å²) in [4.78, 5) is 6.81. The highest BCUT2D eigenvalue weighted by Crippen LogP contribution is 2.20. The van der Waals surface area contributed by atoms with Gasteiger partial charge in [0.1, 0.15) is 11.6 Å². The fourth-order valence-electron chi connectivity index (χ4n) is 2.02. The SMILES string of the molecule is CC(C)Oc1ccc(N2CCCCC2)nc1. The summed E-state index contributed by atoms with van der Waals surface area (Å²) in [5.41, 5.74) is 0. The molecule has 1 aliphatic rings. The number of ether oxygens (including phenoxy) is 1. The summed E-state index contributed by atoms with van der Waals surface area (Å²) < 4.78 is 5.58. The van der Waals surface area contributed by atoms with Crippen LogP contribution in [0.5, 0.6) is 5.75 Å². The first-order valence-corrected chi connectivity index (χ1v) is 6.13. The van der Waals surface area contributed by atoms with Gasteiger partial charge in [0.2, 0.25) is 0 Å². The van der Waals surface area contributed by atoms with E-state index < -0.39 is 0 Å². The maximum Gasteiger partial charge on any atom is 0.138 e. The van der Waals surface area contributed by atoms with Gasteiger partial charge in [0.15, 0.2) is 0 Å². The van der Waals surface area contributed by atoms with E-state index in [1.54, 1.807) is 0 Å². The van der Waals surface area contributed by atoms with Crippen molar-refractivity contribution in [2.45, 2.75) is 39.2 Å². The normalized spacial score (nSPS) is 16.6. The number of hydrogen-bond acceptors (Lipinski definition) is 3. The van der Waals surface area contributed by atoms with Crippen LogP contribution in [0.2, 0.25) is 0 Å². The maximum absolute atomic E-state index is 5.58. The largest absolute Gasteiger partial charge is 0.489 e. The molecular formula is C13H20N2O. The summed E-state index contributed by atoms with van der Waals surface area (Å²) in [7, 11) is 0. The molecule has 0 radical (unpaired) electrons. The first-order chi connectivity index (χ1) is 7.75. The fraction of sp³-hybridized carbons (Fsp3) is 0.615. The van der Waals surface area contributed by atoms with Crippen LogP contribution in [-0.4, -0.2) is 24.2 Å². The van der Waals surface area contributed by atoms with Gasteiger partial charge in [-0.2, -0.15) is 0 Å². The lowest BCUT2D eigenvalue weighted by atomic mass is 10.1. The molecule has 16 heavy (non-hydrogen) atoms. The summed E-state index contributed by atoms with van der Waals surface area (Å²) in [6.45, 7) is 6.33. The van der Waals surface area contributed by atoms with Gasteiger partial charge < -0.3 is 9.64 Å². The Kier molecular flexibility index (Phi) is 3.65. The molecule has 3 heteroatoms. The van der Waals surface area contributed by atoms with Crippen molar-refractivity contribution in [1.29, 1.82) is 0 Å². The van der Waals surface area contributed by atoms with Gasteiger partial charge in [-0.25, -0.2) is 4.98 Å². The first kappa shape index (κ1) is 11.2. The van der Waals surface area contributed by atoms with Crippen LogP contribution in [0.4, 0.5) is 5.82 Å². The third-order valence-corrected chi connectivity index (χ3v) is 2.77. The van der Waals surface area contributed by atoms with Gasteiger partial charge in [0.25, 0.3) is 0 Å². The predicted octanol–water partition coefficient (Wildman–Crippen LogP) is 2.86. The highest BCUT2D eigenvalue weighted by Gasteiger charge is 2.11. The van der Waals surface area contributed by atoms with Crippen LogP contribution in [0.15, 0.2) is 18.3 Å². The highest BCUT2D eigenvalue weighted by atomic mass is 16.5. The molecule has 0 saturated carbocycles. The number of rotatable bonds is 3. The van der Waals surface area contributed by atoms with Crippen molar-refractivity contribution in [2.75, 3.05) is 18.0 Å². The Hall–Kier alpha value is -1.25. The van der Waals surface area contributed by atoms with Gasteiger partial charge in [-0.1, -0.05) is 0 Å². The summed E-state index contributed by atoms with van der Waals surface area (Å²) >= 11 is 0. The van der Waals surface area contributed by atoms with Gasteiger partial charge in [0.05, 0.1) is 12.3 Å². The third kappa shape index (κ3) is 2.87. The minimum atomic E-state index is 0.211. The molecule has 0 amide bonds. The minimum absolute atomic E-state index is 0.211. The zero-order valence-corrected chi connectivity index (χ0v) is 10.1. The van der Waals surface area contributed by atoms with Crippen molar-refractivity contribution in [3.63, 3.8) is 0 Å². The lowest BCUT2D eigenvalue weighted by Crippen LogP contribution is -2.30. The number of pyridine rings is 1. The van der Waals surface area contributed by atoms with Gasteiger partial charge in [-0.05, 0) is 45.2 Å². The van der Waals surface area contributed by atoms with Crippen LogP contribution in [0, 0.1) is 0 Å². The quantitative estimate of drug-likeness (QED) is 0.783. The summed E-state index contributed by atoms with van der Waals surface area (Å²) in [5, 5.41) is 0. The first-order valence-electron chi connectivity index (χ1n) is 6.13. The molecule has 1 aromatic heterocycles. The predicted molar refractivity (Wildman–Crippen MR) is 66.1 cm³/mol. The molecule has 3 nitrogen and oxygen atoms in total. The van der Waals surface area contributed by atoms with Crippen LogP contribution >= 0.6 is 0 Å². The van der Waals surface area contributed by atoms with E-state index in [1.165, 1.54) is 19.3 Å². The van der Waals surface area contributed by atoms with Gasteiger partial charge in [-0.15, -0.1) is 0 Å². The molecule has 0 N–H and O–H groups in total. The van der Waals surface area contributed by atoms with E-state index in [1.807, 2.05) is 26.1 Å². The molecule has 88 valence electrons. The molecule has 0 aromatic carbocycles. The Balaban J connectivity index is 2.00. The smallest absolute Gasteiger partial charge is 0.138 e. The van der Waals surface area contributed by atoms with Gasteiger partial charge >= 0.3 is 0 Å². The van der Waals surface area contributed by atoms with Crippen LogP contribution in [-0.2, 0) is 0 Å². The van der Waals surface area contributed by atoms with E-state index in [2.05, 4.69) is 16.0 Å². The molecule has 0 bridgehead atoms. The molecule has 1 aliphatic heterocycles. The van der Waals surface area contributed by atoms with Crippen molar-refractivity contribution in [3.8, 4) is 5.75 Å². The summed E-state index contributed by atoms with van der Waals surface area (Å²) in [5.74, 6) is 1.94. The second-order valence-corrected chi connectivity index (χ2v) is 4.57. The second kappa shape index (κ2) is 5.19. The number of nitrogens with zero attached hydrogens (tertiary/aromatic N) is 2. The number of piperidine rings is 1. The average molecular weight is 220 g/mol. The molecular weight excluding hydrogens is 200 g/mol. The second-order valence-electron chi connectivity index (χ2n) is 4.57. The van der Waals surface area contributed by atoms with Crippen molar-refractivity contribution < 1.29 is 4.74 Å². The molecule has 0 unspecified atom stereocenters. The van der Waals surface area contributed by atoms with Crippen LogP contribution in [0.1, 0.15) is 33.1 Å². The van der Waals surface area contributed by atoms with Gasteiger partial charge in [0, 0.05) is 13.1 Å². The van der Waals surface area contributed by atoms with E-state index in [0.717, 1.165) is 24.7 Å². The van der Waals surface area contributed by atoms with E-state index in [0.29, 0.717) is 0 Å². The molecule has 0 aliphatic carbocycles. The zero-order valence-electron chi connectivity index (χ0n) is 10.1. The topological polar surface area (TPSA) is 25.4 Å². The Morgan fingerprint density at radius 3 is 2.50 bits per heavy atom. The minimum Gasteiger partial charge on any atom is -0.489 e. The number of anilines is 1. The fourth-order valence-corrected chi connectivity index (χ4v) is 2.02. The van der Waals surface area contributed by atoms with Gasteiger partial charge in [-0.3, -0.25) is 0 Å². The van der Waals surface area contributed by atoms with Crippen LogP contribution in [0.25, 0.3) is 0 Å². The molecule has 1 fully saturated rings. The molecule has 1 aromatic rings. The van der Waals surface area contributed by atoms with E-state index in [9.17, 15) is 0 Å². The molecule has 0 spiro atoms. The van der Waals surface area contributed by atoms with E-state index >= 15 is 0 Å². The lowest BCUT2D eigenvalue weighted by Gasteiger charge is -2.27. The zero-order chi connectivity index (χ0) is 11.4. The maximum atomic E-state index is 5.58. The van der Waals surface area contributed by atoms with Crippen LogP contribution < -0.4 is 9.64 Å². The summed E-state index contributed by atoms with van der Waals surface area (Å²) in [6.07, 6.45) is 5.95. The third-order valence-electron chi connectivity index (χ3n) is 2.77. The Bertz CT molecular complexity index is 315. The Morgan fingerprint density at radius 2 is 1.94 bits per heavy atom. The standard InChI is InChI=1S/C13H20N2O/c1-11(2)16-12-6-7-13(14-10-12)15-8-4-3-5-9-15/h6-7,10-11H,3-5,8-9H2,1-2H3. The highest BCUT2D eigenvalue weighted by molar-refractivity contribution is 5.41. The summed E-state index contributed by atoms with van der Waals surface area (Å²) in [6, 6.07) is 4.07. The monoisotopic (exact) mass is 220 g/mol.